The molecule has 1 fully saturated rings. The van der Waals surface area contributed by atoms with Gasteiger partial charge in [0.05, 0.1) is 5.75 Å². The average molecular weight is 354 g/mol. The van der Waals surface area contributed by atoms with E-state index in [1.54, 1.807) is 25.1 Å². The van der Waals surface area contributed by atoms with Crippen LogP contribution in [0.5, 0.6) is 5.75 Å². The molecule has 0 atom stereocenters. The number of benzene rings is 1. The maximum absolute atomic E-state index is 12.3. The fourth-order valence-corrected chi connectivity index (χ4v) is 3.73. The van der Waals surface area contributed by atoms with Crippen LogP contribution in [0.4, 0.5) is 0 Å². The van der Waals surface area contributed by atoms with Crippen molar-refractivity contribution in [2.45, 2.75) is 32.7 Å². The molecule has 1 aromatic rings. The maximum atomic E-state index is 12.3. The maximum Gasteiger partial charge on any atom is 0.308 e. The smallest absolute Gasteiger partial charge is 0.308 e. The zero-order chi connectivity index (χ0) is 17.7. The van der Waals surface area contributed by atoms with E-state index >= 15 is 0 Å². The molecule has 0 saturated carbocycles. The molecule has 1 aliphatic rings. The number of sulfonamides is 1. The van der Waals surface area contributed by atoms with Crippen LogP contribution in [0.15, 0.2) is 24.3 Å². The first kappa shape index (κ1) is 18.4. The minimum absolute atomic E-state index is 0.0711. The third kappa shape index (κ3) is 4.78. The number of esters is 1. The number of carbonyl (C=O) groups excluding carboxylic acids is 2. The Bertz CT molecular complexity index is 709. The molecule has 1 heterocycles. The van der Waals surface area contributed by atoms with Crippen LogP contribution in [-0.4, -0.2) is 49.5 Å². The first-order valence-corrected chi connectivity index (χ1v) is 9.50. The summed E-state index contributed by atoms with van der Waals surface area (Å²) in [5.41, 5.74) is 0.400. The van der Waals surface area contributed by atoms with Gasteiger partial charge < -0.3 is 10.1 Å². The zero-order valence-corrected chi connectivity index (χ0v) is 14.6. The van der Waals surface area contributed by atoms with Gasteiger partial charge in [-0.15, -0.1) is 0 Å². The number of rotatable bonds is 5. The molecule has 24 heavy (non-hydrogen) atoms. The fourth-order valence-electron chi connectivity index (χ4n) is 2.60. The Labute approximate surface area is 142 Å². The summed E-state index contributed by atoms with van der Waals surface area (Å²) in [6, 6.07) is 6.32. The van der Waals surface area contributed by atoms with Crippen LogP contribution in [0.1, 0.15) is 37.0 Å². The number of nitrogens with zero attached hydrogens (tertiary/aromatic N) is 1. The number of ether oxygens (including phenoxy) is 1. The van der Waals surface area contributed by atoms with Gasteiger partial charge in [0.15, 0.2) is 0 Å². The topological polar surface area (TPSA) is 92.8 Å². The quantitative estimate of drug-likeness (QED) is 0.633. The second-order valence-electron chi connectivity index (χ2n) is 5.67. The second kappa shape index (κ2) is 7.76. The Morgan fingerprint density at radius 1 is 1.29 bits per heavy atom. The highest BCUT2D eigenvalue weighted by Crippen LogP contribution is 2.17. The van der Waals surface area contributed by atoms with Gasteiger partial charge in [-0.1, -0.05) is 6.07 Å². The molecule has 8 heteroatoms. The molecule has 0 unspecified atom stereocenters. The van der Waals surface area contributed by atoms with Gasteiger partial charge in [-0.05, 0) is 38.0 Å². The number of carbonyl (C=O) groups is 2. The second-order valence-corrected chi connectivity index (χ2v) is 7.93. The molecule has 0 aromatic heterocycles. The van der Waals surface area contributed by atoms with Crippen molar-refractivity contribution >= 4 is 21.9 Å². The number of amides is 1. The van der Waals surface area contributed by atoms with E-state index in [9.17, 15) is 18.0 Å². The van der Waals surface area contributed by atoms with E-state index in [1.165, 1.54) is 17.3 Å². The molecule has 1 aromatic carbocycles. The van der Waals surface area contributed by atoms with Gasteiger partial charge in [0.2, 0.25) is 10.0 Å². The number of hydrogen-bond donors (Lipinski definition) is 1. The Morgan fingerprint density at radius 3 is 2.54 bits per heavy atom. The van der Waals surface area contributed by atoms with E-state index < -0.39 is 16.0 Å². The van der Waals surface area contributed by atoms with Gasteiger partial charge >= 0.3 is 5.97 Å². The van der Waals surface area contributed by atoms with Crippen LogP contribution in [0.3, 0.4) is 0 Å². The Balaban J connectivity index is 1.93. The third-order valence-electron chi connectivity index (χ3n) is 3.91. The van der Waals surface area contributed by atoms with Gasteiger partial charge in [0.1, 0.15) is 5.75 Å². The standard InChI is InChI=1S/C16H22N2O5S/c1-3-24(21,22)18-9-7-14(8-10-18)17-16(20)13-5-4-6-15(11-13)23-12(2)19/h4-6,11,14H,3,7-10H2,1-2H3,(H,17,20). The van der Waals surface area contributed by atoms with E-state index in [-0.39, 0.29) is 17.7 Å². The van der Waals surface area contributed by atoms with Crippen molar-refractivity contribution < 1.29 is 22.7 Å². The van der Waals surface area contributed by atoms with E-state index in [1.807, 2.05) is 0 Å². The Kier molecular flexibility index (Phi) is 5.95. The summed E-state index contributed by atoms with van der Waals surface area (Å²) in [6.07, 6.45) is 1.16. The minimum atomic E-state index is -3.17. The molecule has 0 radical (unpaired) electrons. The molecular weight excluding hydrogens is 332 g/mol. The van der Waals surface area contributed by atoms with Gasteiger partial charge in [-0.25, -0.2) is 12.7 Å². The van der Waals surface area contributed by atoms with Crippen LogP contribution in [-0.2, 0) is 14.8 Å². The van der Waals surface area contributed by atoms with Gasteiger partial charge in [-0.3, -0.25) is 9.59 Å². The summed E-state index contributed by atoms with van der Waals surface area (Å²) < 4.78 is 30.1. The third-order valence-corrected chi connectivity index (χ3v) is 5.79. The van der Waals surface area contributed by atoms with Gasteiger partial charge in [0, 0.05) is 31.6 Å². The monoisotopic (exact) mass is 354 g/mol. The highest BCUT2D eigenvalue weighted by molar-refractivity contribution is 7.89. The highest BCUT2D eigenvalue weighted by Gasteiger charge is 2.27. The van der Waals surface area contributed by atoms with Crippen molar-refractivity contribution in [2.24, 2.45) is 0 Å². The molecule has 7 nitrogen and oxygen atoms in total. The van der Waals surface area contributed by atoms with Crippen molar-refractivity contribution in [1.29, 1.82) is 0 Å². The van der Waals surface area contributed by atoms with Crippen LogP contribution in [0.2, 0.25) is 0 Å². The molecule has 0 spiro atoms. The van der Waals surface area contributed by atoms with E-state index in [0.29, 0.717) is 37.2 Å². The lowest BCUT2D eigenvalue weighted by Crippen LogP contribution is -2.46. The van der Waals surface area contributed by atoms with E-state index in [2.05, 4.69) is 5.32 Å². The van der Waals surface area contributed by atoms with Crippen molar-refractivity contribution in [2.75, 3.05) is 18.8 Å². The first-order valence-electron chi connectivity index (χ1n) is 7.89. The summed E-state index contributed by atoms with van der Waals surface area (Å²) in [7, 11) is -3.17. The average Bonchev–Trinajstić information content (AvgIpc) is 2.55. The Morgan fingerprint density at radius 2 is 1.96 bits per heavy atom. The van der Waals surface area contributed by atoms with Gasteiger partial charge in [0.25, 0.3) is 5.91 Å². The summed E-state index contributed by atoms with van der Waals surface area (Å²) in [4.78, 5) is 23.3. The summed E-state index contributed by atoms with van der Waals surface area (Å²) in [5, 5.41) is 2.90. The molecule has 1 N–H and O–H groups in total. The molecule has 1 amide bonds. The Hall–Kier alpha value is -1.93. The summed E-state index contributed by atoms with van der Waals surface area (Å²) in [6.45, 7) is 3.74. The molecule has 2 rings (SSSR count). The van der Waals surface area contributed by atoms with Crippen LogP contribution in [0.25, 0.3) is 0 Å². The van der Waals surface area contributed by atoms with E-state index in [4.69, 9.17) is 4.74 Å². The normalized spacial score (nSPS) is 16.6. The molecular formula is C16H22N2O5S. The minimum Gasteiger partial charge on any atom is -0.427 e. The summed E-state index contributed by atoms with van der Waals surface area (Å²) >= 11 is 0. The molecule has 0 aliphatic carbocycles. The van der Waals surface area contributed by atoms with Crippen LogP contribution >= 0.6 is 0 Å². The summed E-state index contributed by atoms with van der Waals surface area (Å²) in [5.74, 6) is -0.302. The van der Waals surface area contributed by atoms with E-state index in [0.717, 1.165) is 0 Å². The predicted octanol–water partition coefficient (Wildman–Crippen LogP) is 1.16. The molecule has 0 bridgehead atoms. The largest absolute Gasteiger partial charge is 0.427 e. The lowest BCUT2D eigenvalue weighted by molar-refractivity contribution is -0.131. The first-order chi connectivity index (χ1) is 11.3. The number of hydrogen-bond acceptors (Lipinski definition) is 5. The SMILES string of the molecule is CCS(=O)(=O)N1CCC(NC(=O)c2cccc(OC(C)=O)c2)CC1. The predicted molar refractivity (Wildman–Crippen MR) is 89.3 cm³/mol. The van der Waals surface area contributed by atoms with Crippen molar-refractivity contribution in [3.8, 4) is 5.75 Å². The zero-order valence-electron chi connectivity index (χ0n) is 13.8. The molecule has 132 valence electrons. The number of nitrogens with one attached hydrogen (secondary N) is 1. The van der Waals surface area contributed by atoms with Gasteiger partial charge in [-0.2, -0.15) is 0 Å². The lowest BCUT2D eigenvalue weighted by Gasteiger charge is -2.31. The van der Waals surface area contributed by atoms with Crippen molar-refractivity contribution in [3.05, 3.63) is 29.8 Å². The van der Waals surface area contributed by atoms with Crippen LogP contribution in [0, 0.1) is 0 Å². The highest BCUT2D eigenvalue weighted by atomic mass is 32.2. The fraction of sp³-hybridized carbons (Fsp3) is 0.500. The molecule has 1 saturated heterocycles. The lowest BCUT2D eigenvalue weighted by atomic mass is 10.1. The van der Waals surface area contributed by atoms with Crippen LogP contribution < -0.4 is 10.1 Å². The number of piperidine rings is 1. The van der Waals surface area contributed by atoms with Crippen molar-refractivity contribution in [1.82, 2.24) is 9.62 Å². The van der Waals surface area contributed by atoms with Crippen molar-refractivity contribution in [3.63, 3.8) is 0 Å². The molecule has 1 aliphatic heterocycles.